The number of oxime groups is 1. The van der Waals surface area contributed by atoms with Gasteiger partial charge >= 0.3 is 20.2 Å². The molecule has 16 heteroatoms. The lowest BCUT2D eigenvalue weighted by Crippen LogP contribution is -2.17. The third-order valence-corrected chi connectivity index (χ3v) is 8.70. The Morgan fingerprint density at radius 3 is 2.00 bits per heavy atom. The highest BCUT2D eigenvalue weighted by Crippen LogP contribution is 2.35. The molecule has 8 nitrogen and oxygen atoms in total. The Morgan fingerprint density at radius 1 is 0.829 bits per heavy atom. The van der Waals surface area contributed by atoms with Gasteiger partial charge in [0.1, 0.15) is 21.8 Å². The van der Waals surface area contributed by atoms with Gasteiger partial charge < -0.3 is 4.18 Å². The third kappa shape index (κ3) is 5.97. The number of rotatable bonds is 7. The average molecular weight is 629 g/mol. The quantitative estimate of drug-likeness (QED) is 0.0814. The first-order valence-corrected chi connectivity index (χ1v) is 14.5. The molecule has 0 radical (unpaired) electrons. The molecule has 0 unspecified atom stereocenters. The molecule has 0 saturated carbocycles. The molecule has 3 aromatic rings. The molecule has 0 atom stereocenters. The highest BCUT2D eigenvalue weighted by molar-refractivity contribution is 8.18. The molecule has 4 rings (SSSR count). The molecule has 0 fully saturated rings. The van der Waals surface area contributed by atoms with Crippen LogP contribution in [0, 0.1) is 47.3 Å². The summed E-state index contributed by atoms with van der Waals surface area (Å²) in [7, 11) is -10.2. The standard InChI is InChI=1S/C25H13F5N2O6S3/c1-13-4-2-3-5-16(13)17(12-31)18-10-11-19(39-18)32-38-40(33,34)15-8-6-14(7-9-15)37-41(35,36)25-23(29)21(27)20(26)22(28)24(25)30/h2-11H,1H3. The fourth-order valence-corrected chi connectivity index (χ4v) is 6.05. The van der Waals surface area contributed by atoms with Crippen LogP contribution in [0.5, 0.6) is 5.75 Å². The van der Waals surface area contributed by atoms with E-state index in [4.69, 9.17) is 0 Å². The zero-order chi connectivity index (χ0) is 30.1. The third-order valence-electron chi connectivity index (χ3n) is 5.33. The number of hydrogen-bond acceptors (Lipinski definition) is 9. The van der Waals surface area contributed by atoms with Gasteiger partial charge in [-0.15, -0.1) is 0 Å². The zero-order valence-corrected chi connectivity index (χ0v) is 22.7. The Morgan fingerprint density at radius 2 is 1.41 bits per heavy atom. The molecule has 1 aliphatic rings. The van der Waals surface area contributed by atoms with Crippen LogP contribution in [0.1, 0.15) is 11.1 Å². The normalized spacial score (nSPS) is 15.6. The summed E-state index contributed by atoms with van der Waals surface area (Å²) in [6.07, 6.45) is 2.98. The number of nitrogens with zero attached hydrogens (tertiary/aromatic N) is 2. The molecule has 0 amide bonds. The minimum absolute atomic E-state index is 0.0961. The first kappa shape index (κ1) is 29.8. The molecule has 0 spiro atoms. The van der Waals surface area contributed by atoms with E-state index in [9.17, 15) is 44.0 Å². The van der Waals surface area contributed by atoms with Crippen LogP contribution in [-0.2, 0) is 24.5 Å². The van der Waals surface area contributed by atoms with Gasteiger partial charge in [0.05, 0.1) is 5.57 Å². The number of benzene rings is 3. The summed E-state index contributed by atoms with van der Waals surface area (Å²) in [4.78, 5) is -2.27. The zero-order valence-electron chi connectivity index (χ0n) is 20.2. The Hall–Kier alpha value is -4.20. The van der Waals surface area contributed by atoms with Crippen molar-refractivity contribution in [1.29, 1.82) is 5.26 Å². The molecular weight excluding hydrogens is 615 g/mol. The topological polar surface area (TPSA) is 123 Å². The molecule has 0 bridgehead atoms. The molecule has 0 N–H and O–H groups in total. The Kier molecular flexibility index (Phi) is 8.24. The number of hydrogen-bond donors (Lipinski definition) is 0. The summed E-state index contributed by atoms with van der Waals surface area (Å²) in [5, 5.41) is 13.3. The number of allylic oxidation sites excluding steroid dienone is 2. The van der Waals surface area contributed by atoms with E-state index in [1.165, 1.54) is 6.08 Å². The summed E-state index contributed by atoms with van der Waals surface area (Å²) in [5.74, 6) is -13.5. The van der Waals surface area contributed by atoms with E-state index in [-0.39, 0.29) is 5.04 Å². The molecule has 212 valence electrons. The van der Waals surface area contributed by atoms with E-state index >= 15 is 0 Å². The minimum atomic E-state index is -5.58. The second-order valence-electron chi connectivity index (χ2n) is 7.97. The fourth-order valence-electron chi connectivity index (χ4n) is 3.38. The smallest absolute Gasteiger partial charge is 0.358 e. The predicted octanol–water partition coefficient (Wildman–Crippen LogP) is 5.71. The van der Waals surface area contributed by atoms with Crippen molar-refractivity contribution in [3.05, 3.63) is 106 Å². The van der Waals surface area contributed by atoms with Gasteiger partial charge in [-0.2, -0.15) is 22.1 Å². The van der Waals surface area contributed by atoms with Gasteiger partial charge in [-0.25, -0.2) is 22.0 Å². The summed E-state index contributed by atoms with van der Waals surface area (Å²) >= 11 is 0.976. The van der Waals surface area contributed by atoms with Gasteiger partial charge in [0.2, 0.25) is 5.82 Å². The number of thioether (sulfide) groups is 1. The highest BCUT2D eigenvalue weighted by Gasteiger charge is 2.35. The molecule has 0 aromatic heterocycles. The van der Waals surface area contributed by atoms with Crippen molar-refractivity contribution in [2.45, 2.75) is 16.7 Å². The van der Waals surface area contributed by atoms with E-state index in [1.807, 2.05) is 19.1 Å². The van der Waals surface area contributed by atoms with E-state index in [2.05, 4.69) is 19.7 Å². The molecule has 0 saturated heterocycles. The van der Waals surface area contributed by atoms with Crippen molar-refractivity contribution < 1.29 is 47.3 Å². The van der Waals surface area contributed by atoms with Crippen molar-refractivity contribution in [3.8, 4) is 11.8 Å². The molecule has 3 aromatic carbocycles. The van der Waals surface area contributed by atoms with Crippen molar-refractivity contribution >= 4 is 42.6 Å². The molecule has 41 heavy (non-hydrogen) atoms. The number of halogens is 5. The molecule has 1 aliphatic heterocycles. The first-order valence-electron chi connectivity index (χ1n) is 10.9. The van der Waals surface area contributed by atoms with Crippen LogP contribution >= 0.6 is 11.8 Å². The van der Waals surface area contributed by atoms with Gasteiger partial charge in [-0.05, 0) is 54.5 Å². The van der Waals surface area contributed by atoms with Crippen LogP contribution in [0.4, 0.5) is 22.0 Å². The van der Waals surface area contributed by atoms with Gasteiger partial charge in [0, 0.05) is 4.91 Å². The molecular formula is C25H13F5N2O6S3. The summed E-state index contributed by atoms with van der Waals surface area (Å²) in [5.41, 5.74) is 1.87. The predicted molar refractivity (Wildman–Crippen MR) is 137 cm³/mol. The number of aryl methyl sites for hydroxylation is 1. The van der Waals surface area contributed by atoms with E-state index < -0.39 is 64.9 Å². The van der Waals surface area contributed by atoms with Crippen LogP contribution in [0.3, 0.4) is 0 Å². The van der Waals surface area contributed by atoms with Crippen LogP contribution in [0.2, 0.25) is 0 Å². The monoisotopic (exact) mass is 628 g/mol. The van der Waals surface area contributed by atoms with Gasteiger partial charge in [-0.3, -0.25) is 4.28 Å². The van der Waals surface area contributed by atoms with E-state index in [1.54, 1.807) is 18.2 Å². The lowest BCUT2D eigenvalue weighted by Gasteiger charge is -2.10. The SMILES string of the molecule is Cc1ccccc1C(C#N)=C1C=CC(=NOS(=O)(=O)c2ccc(OS(=O)(=O)c3c(F)c(F)c(F)c(F)c3F)cc2)S1. The van der Waals surface area contributed by atoms with Crippen molar-refractivity contribution in [1.82, 2.24) is 0 Å². The second kappa shape index (κ2) is 11.4. The fraction of sp³-hybridized carbons (Fsp3) is 0.0400. The van der Waals surface area contributed by atoms with E-state index in [0.717, 1.165) is 41.6 Å². The lowest BCUT2D eigenvalue weighted by molar-refractivity contribution is 0.340. The average Bonchev–Trinajstić information content (AvgIpc) is 3.40. The van der Waals surface area contributed by atoms with Crippen molar-refractivity contribution in [2.75, 3.05) is 0 Å². The summed E-state index contributed by atoms with van der Waals surface area (Å²) < 4.78 is 127. The lowest BCUT2D eigenvalue weighted by atomic mass is 10.0. The maximum absolute atomic E-state index is 13.9. The number of nitriles is 1. The van der Waals surface area contributed by atoms with Crippen LogP contribution in [0.15, 0.2) is 80.5 Å². The van der Waals surface area contributed by atoms with Gasteiger partial charge in [-0.1, -0.05) is 41.2 Å². The maximum Gasteiger partial charge on any atom is 0.358 e. The van der Waals surface area contributed by atoms with E-state index in [0.29, 0.717) is 16.0 Å². The summed E-state index contributed by atoms with van der Waals surface area (Å²) in [6, 6.07) is 12.3. The van der Waals surface area contributed by atoms with Gasteiger partial charge in [0.25, 0.3) is 0 Å². The van der Waals surface area contributed by atoms with Crippen LogP contribution in [0.25, 0.3) is 5.57 Å². The largest absolute Gasteiger partial charge is 0.379 e. The highest BCUT2D eigenvalue weighted by atomic mass is 32.2. The van der Waals surface area contributed by atoms with Crippen LogP contribution in [-0.4, -0.2) is 21.9 Å². The van der Waals surface area contributed by atoms with Crippen LogP contribution < -0.4 is 4.18 Å². The Bertz CT molecular complexity index is 1890. The van der Waals surface area contributed by atoms with Crippen molar-refractivity contribution in [2.24, 2.45) is 5.16 Å². The minimum Gasteiger partial charge on any atom is -0.379 e. The van der Waals surface area contributed by atoms with Gasteiger partial charge in [0.15, 0.2) is 28.2 Å². The Labute approximate surface area is 234 Å². The first-order chi connectivity index (χ1) is 19.3. The molecule has 0 aliphatic carbocycles. The Balaban J connectivity index is 1.51. The summed E-state index contributed by atoms with van der Waals surface area (Å²) in [6.45, 7) is 1.83. The maximum atomic E-state index is 13.9. The van der Waals surface area contributed by atoms with Crippen molar-refractivity contribution in [3.63, 3.8) is 0 Å². The second-order valence-corrected chi connectivity index (χ2v) is 12.0. The molecule has 1 heterocycles.